The van der Waals surface area contributed by atoms with Crippen molar-refractivity contribution in [2.45, 2.75) is 44.6 Å². The molecule has 3 heterocycles. The van der Waals surface area contributed by atoms with Crippen molar-refractivity contribution in [2.24, 2.45) is 11.8 Å². The maximum absolute atomic E-state index is 12.7. The molecule has 1 aliphatic heterocycles. The van der Waals surface area contributed by atoms with Gasteiger partial charge in [0.25, 0.3) is 0 Å². The van der Waals surface area contributed by atoms with E-state index >= 15 is 0 Å². The monoisotopic (exact) mass is 405 g/mol. The van der Waals surface area contributed by atoms with Gasteiger partial charge in [0, 0.05) is 37.2 Å². The molecule has 0 aromatic carbocycles. The highest BCUT2D eigenvalue weighted by atomic mass is 16.5. The lowest BCUT2D eigenvalue weighted by atomic mass is 9.90. The number of carbonyl (C=O) groups excluding carboxylic acids is 1. The molecule has 7 heteroatoms. The van der Waals surface area contributed by atoms with Gasteiger partial charge in [-0.25, -0.2) is 4.79 Å². The molecule has 1 saturated heterocycles. The molecule has 3 aliphatic rings. The number of piperidine rings is 1. The van der Waals surface area contributed by atoms with Gasteiger partial charge < -0.3 is 14.7 Å². The summed E-state index contributed by atoms with van der Waals surface area (Å²) in [6, 6.07) is 5.97. The van der Waals surface area contributed by atoms with Gasteiger partial charge in [-0.3, -0.25) is 4.98 Å². The van der Waals surface area contributed by atoms with Crippen molar-refractivity contribution in [3.8, 4) is 11.5 Å². The van der Waals surface area contributed by atoms with Gasteiger partial charge in [0.15, 0.2) is 0 Å². The normalized spacial score (nSPS) is 26.4. The van der Waals surface area contributed by atoms with Crippen molar-refractivity contribution in [1.82, 2.24) is 25.3 Å². The first-order chi connectivity index (χ1) is 14.7. The van der Waals surface area contributed by atoms with Gasteiger partial charge in [0.2, 0.25) is 11.7 Å². The number of allylic oxidation sites excluding steroid dienone is 3. The molecule has 0 spiro atoms. The van der Waals surface area contributed by atoms with Crippen molar-refractivity contribution in [3.63, 3.8) is 0 Å². The number of pyridine rings is 1. The Hall–Kier alpha value is -2.96. The molecule has 3 atom stereocenters. The van der Waals surface area contributed by atoms with E-state index in [9.17, 15) is 4.79 Å². The number of amides is 2. The average Bonchev–Trinajstić information content (AvgIpc) is 3.35. The molecule has 1 saturated carbocycles. The second-order valence-electron chi connectivity index (χ2n) is 8.56. The van der Waals surface area contributed by atoms with Crippen LogP contribution >= 0.6 is 0 Å². The van der Waals surface area contributed by atoms with Crippen LogP contribution in [-0.2, 0) is 0 Å². The molecule has 2 aliphatic carbocycles. The lowest BCUT2D eigenvalue weighted by Gasteiger charge is -2.30. The fraction of sp³-hybridized carbons (Fsp3) is 0.478. The van der Waals surface area contributed by atoms with Gasteiger partial charge >= 0.3 is 6.03 Å². The third-order valence-corrected chi connectivity index (χ3v) is 6.48. The zero-order chi connectivity index (χ0) is 20.5. The van der Waals surface area contributed by atoms with Crippen LogP contribution in [0.15, 0.2) is 52.7 Å². The minimum Gasteiger partial charge on any atom is -0.339 e. The number of nitrogens with zero attached hydrogens (tertiary/aromatic N) is 4. The summed E-state index contributed by atoms with van der Waals surface area (Å²) in [7, 11) is 0. The summed E-state index contributed by atoms with van der Waals surface area (Å²) in [5, 5.41) is 7.30. The van der Waals surface area contributed by atoms with Gasteiger partial charge in [-0.15, -0.1) is 0 Å². The van der Waals surface area contributed by atoms with E-state index in [1.165, 1.54) is 5.57 Å². The molecular formula is C23H27N5O2. The number of rotatable bonds is 4. The molecule has 156 valence electrons. The summed E-state index contributed by atoms with van der Waals surface area (Å²) in [6.45, 7) is 3.68. The molecule has 7 nitrogen and oxygen atoms in total. The number of carbonyl (C=O) groups is 1. The van der Waals surface area contributed by atoms with Gasteiger partial charge in [-0.05, 0) is 43.7 Å². The zero-order valence-electron chi connectivity index (χ0n) is 17.2. The maximum Gasteiger partial charge on any atom is 0.317 e. The van der Waals surface area contributed by atoms with E-state index in [0.29, 0.717) is 42.3 Å². The van der Waals surface area contributed by atoms with Crippen molar-refractivity contribution in [1.29, 1.82) is 0 Å². The quantitative estimate of drug-likeness (QED) is 0.833. The summed E-state index contributed by atoms with van der Waals surface area (Å²) >= 11 is 0. The van der Waals surface area contributed by atoms with E-state index < -0.39 is 0 Å². The zero-order valence-corrected chi connectivity index (χ0v) is 17.2. The molecule has 2 amide bonds. The third kappa shape index (κ3) is 3.88. The van der Waals surface area contributed by atoms with Crippen LogP contribution in [-0.4, -0.2) is 45.2 Å². The smallest absolute Gasteiger partial charge is 0.317 e. The van der Waals surface area contributed by atoms with Gasteiger partial charge in [-0.2, -0.15) is 4.98 Å². The Morgan fingerprint density at radius 2 is 2.13 bits per heavy atom. The third-order valence-electron chi connectivity index (χ3n) is 6.48. The predicted molar refractivity (Wildman–Crippen MR) is 113 cm³/mol. The van der Waals surface area contributed by atoms with Gasteiger partial charge in [0.1, 0.15) is 5.69 Å². The van der Waals surface area contributed by atoms with Gasteiger partial charge in [0.05, 0.1) is 0 Å². The molecule has 2 aromatic rings. The lowest BCUT2D eigenvalue weighted by Crippen LogP contribution is -2.45. The van der Waals surface area contributed by atoms with Crippen LogP contribution in [0.1, 0.15) is 44.4 Å². The van der Waals surface area contributed by atoms with Crippen LogP contribution in [0.2, 0.25) is 0 Å². The highest BCUT2D eigenvalue weighted by molar-refractivity contribution is 5.75. The number of hydrogen-bond acceptors (Lipinski definition) is 5. The van der Waals surface area contributed by atoms with E-state index in [1.807, 2.05) is 23.1 Å². The van der Waals surface area contributed by atoms with E-state index in [4.69, 9.17) is 4.52 Å². The van der Waals surface area contributed by atoms with Crippen molar-refractivity contribution in [3.05, 3.63) is 54.1 Å². The largest absolute Gasteiger partial charge is 0.339 e. The molecule has 30 heavy (non-hydrogen) atoms. The van der Waals surface area contributed by atoms with Crippen molar-refractivity contribution >= 4 is 6.03 Å². The molecule has 2 aromatic heterocycles. The Labute approximate surface area is 176 Å². The minimum absolute atomic E-state index is 0.0558. The van der Waals surface area contributed by atoms with E-state index in [0.717, 1.165) is 25.7 Å². The van der Waals surface area contributed by atoms with Crippen LogP contribution in [0, 0.1) is 11.8 Å². The first-order valence-corrected chi connectivity index (χ1v) is 10.9. The second kappa shape index (κ2) is 8.05. The fourth-order valence-electron chi connectivity index (χ4n) is 4.55. The summed E-state index contributed by atoms with van der Waals surface area (Å²) in [5.74, 6) is 2.45. The number of hydrogen-bond donors (Lipinski definition) is 1. The molecule has 1 N–H and O–H groups in total. The second-order valence-corrected chi connectivity index (χ2v) is 8.56. The molecule has 0 radical (unpaired) electrons. The Balaban J connectivity index is 1.12. The number of likely N-dealkylation sites (tertiary alicyclic amines) is 1. The molecule has 5 rings (SSSR count). The standard InChI is InChI=1S/C23H27N5O2/c1-15-6-2-3-7-17(15)18-14-20(18)25-23(29)28-12-9-16(10-13-28)22-26-21(27-30-22)19-8-4-5-11-24-19/h2-5,7-8,11,15-16,18,20H,6,9-10,12-14H2,1H3,(H,25,29). The summed E-state index contributed by atoms with van der Waals surface area (Å²) in [5.41, 5.74) is 2.20. The van der Waals surface area contributed by atoms with E-state index in [2.05, 4.69) is 45.6 Å². The Morgan fingerprint density at radius 1 is 1.27 bits per heavy atom. The fourth-order valence-corrected chi connectivity index (χ4v) is 4.55. The highest BCUT2D eigenvalue weighted by Crippen LogP contribution is 2.43. The molecule has 2 fully saturated rings. The molecule has 3 unspecified atom stereocenters. The SMILES string of the molecule is CC1CC=CC=C1C1CC1NC(=O)N1CCC(c2nc(-c3ccccn3)no2)CC1. The Bertz CT molecular complexity index is 959. The Morgan fingerprint density at radius 3 is 2.90 bits per heavy atom. The van der Waals surface area contributed by atoms with Crippen LogP contribution in [0.3, 0.4) is 0 Å². The van der Waals surface area contributed by atoms with Crippen molar-refractivity contribution < 1.29 is 9.32 Å². The Kier molecular flexibility index (Phi) is 5.11. The van der Waals surface area contributed by atoms with Crippen LogP contribution < -0.4 is 5.32 Å². The van der Waals surface area contributed by atoms with Gasteiger partial charge in [-0.1, -0.05) is 41.9 Å². The van der Waals surface area contributed by atoms with Crippen LogP contribution in [0.25, 0.3) is 11.5 Å². The first kappa shape index (κ1) is 19.0. The van der Waals surface area contributed by atoms with Crippen LogP contribution in [0.4, 0.5) is 4.79 Å². The average molecular weight is 406 g/mol. The first-order valence-electron chi connectivity index (χ1n) is 10.9. The molecule has 0 bridgehead atoms. The summed E-state index contributed by atoms with van der Waals surface area (Å²) < 4.78 is 5.49. The lowest BCUT2D eigenvalue weighted by molar-refractivity contribution is 0.174. The number of aromatic nitrogens is 3. The predicted octanol–water partition coefficient (Wildman–Crippen LogP) is 3.93. The van der Waals surface area contributed by atoms with Crippen molar-refractivity contribution in [2.75, 3.05) is 13.1 Å². The minimum atomic E-state index is 0.0558. The number of urea groups is 1. The summed E-state index contributed by atoms with van der Waals surface area (Å²) in [6.07, 6.45) is 12.1. The summed E-state index contributed by atoms with van der Waals surface area (Å²) in [4.78, 5) is 23.4. The van der Waals surface area contributed by atoms with Crippen LogP contribution in [0.5, 0.6) is 0 Å². The number of nitrogens with one attached hydrogen (secondary N) is 1. The molecular weight excluding hydrogens is 378 g/mol. The topological polar surface area (TPSA) is 84.2 Å². The maximum atomic E-state index is 12.7. The highest BCUT2D eigenvalue weighted by Gasteiger charge is 2.43. The van der Waals surface area contributed by atoms with E-state index in [-0.39, 0.29) is 18.0 Å². The van der Waals surface area contributed by atoms with E-state index in [1.54, 1.807) is 6.20 Å².